The van der Waals surface area contributed by atoms with Gasteiger partial charge < -0.3 is 14.8 Å². The molecule has 1 aromatic carbocycles. The van der Waals surface area contributed by atoms with Gasteiger partial charge in [0, 0.05) is 12.6 Å². The molecule has 0 saturated carbocycles. The molecule has 0 fully saturated rings. The van der Waals surface area contributed by atoms with E-state index in [1.165, 1.54) is 20.5 Å². The van der Waals surface area contributed by atoms with E-state index in [0.717, 1.165) is 0 Å². The van der Waals surface area contributed by atoms with E-state index in [1.54, 1.807) is 25.2 Å². The van der Waals surface area contributed by atoms with Crippen LogP contribution in [0.5, 0.6) is 11.5 Å². The van der Waals surface area contributed by atoms with Crippen molar-refractivity contribution < 1.29 is 14.4 Å². The fourth-order valence-corrected chi connectivity index (χ4v) is 1.93. The molecule has 21 heavy (non-hydrogen) atoms. The largest absolute Gasteiger partial charge is 0.493 e. The van der Waals surface area contributed by atoms with Crippen LogP contribution in [0.4, 0.5) is 11.5 Å². The summed E-state index contributed by atoms with van der Waals surface area (Å²) in [6.07, 6.45) is 1.27. The van der Waals surface area contributed by atoms with Crippen molar-refractivity contribution in [1.29, 1.82) is 0 Å². The molecule has 2 rings (SSSR count). The molecule has 0 saturated heterocycles. The van der Waals surface area contributed by atoms with Crippen LogP contribution in [0.2, 0.25) is 0 Å². The summed E-state index contributed by atoms with van der Waals surface area (Å²) in [5, 5.41) is 14.0. The molecule has 1 aromatic heterocycles. The number of rotatable bonds is 5. The Morgan fingerprint density at radius 1 is 1.19 bits per heavy atom. The molecule has 2 aromatic rings. The molecule has 0 unspecified atom stereocenters. The zero-order valence-electron chi connectivity index (χ0n) is 11.8. The molecule has 1 heterocycles. The summed E-state index contributed by atoms with van der Waals surface area (Å²) in [4.78, 5) is 18.6. The minimum atomic E-state index is -0.516. The minimum Gasteiger partial charge on any atom is -0.493 e. The molecule has 8 heteroatoms. The van der Waals surface area contributed by atoms with Crippen molar-refractivity contribution in [3.63, 3.8) is 0 Å². The standard InChI is InChI=1S/C13H14N4O4/c1-14-13-12(17(18)19)11(15-7-16-13)8-4-5-9(20-2)10(6-8)21-3/h4-7H,1-3H3,(H,14,15,16). The van der Waals surface area contributed by atoms with E-state index in [0.29, 0.717) is 17.1 Å². The second-order valence-electron chi connectivity index (χ2n) is 4.00. The number of ether oxygens (including phenoxy) is 2. The summed E-state index contributed by atoms with van der Waals surface area (Å²) >= 11 is 0. The molecule has 0 spiro atoms. The monoisotopic (exact) mass is 290 g/mol. The van der Waals surface area contributed by atoms with Crippen molar-refractivity contribution in [2.24, 2.45) is 0 Å². The van der Waals surface area contributed by atoms with Gasteiger partial charge in [-0.3, -0.25) is 10.1 Å². The molecule has 0 atom stereocenters. The first-order chi connectivity index (χ1) is 10.1. The van der Waals surface area contributed by atoms with E-state index < -0.39 is 4.92 Å². The SMILES string of the molecule is CNc1ncnc(-c2ccc(OC)c(OC)c2)c1[N+](=O)[O-]. The Kier molecular flexibility index (Phi) is 4.17. The van der Waals surface area contributed by atoms with Gasteiger partial charge in [-0.05, 0) is 18.2 Å². The quantitative estimate of drug-likeness (QED) is 0.665. The Morgan fingerprint density at radius 2 is 1.90 bits per heavy atom. The van der Waals surface area contributed by atoms with Crippen LogP contribution >= 0.6 is 0 Å². The van der Waals surface area contributed by atoms with Crippen molar-refractivity contribution in [3.8, 4) is 22.8 Å². The number of aromatic nitrogens is 2. The highest BCUT2D eigenvalue weighted by Crippen LogP contribution is 2.37. The maximum Gasteiger partial charge on any atom is 0.337 e. The molecule has 8 nitrogen and oxygen atoms in total. The molecular formula is C13H14N4O4. The Bertz CT molecular complexity index is 675. The summed E-state index contributed by atoms with van der Waals surface area (Å²) in [5.74, 6) is 1.15. The van der Waals surface area contributed by atoms with Crippen LogP contribution in [0.15, 0.2) is 24.5 Å². The third kappa shape index (κ3) is 2.69. The van der Waals surface area contributed by atoms with Gasteiger partial charge in [0.15, 0.2) is 17.2 Å². The summed E-state index contributed by atoms with van der Waals surface area (Å²) in [6, 6.07) is 4.97. The summed E-state index contributed by atoms with van der Waals surface area (Å²) < 4.78 is 10.3. The summed E-state index contributed by atoms with van der Waals surface area (Å²) in [5.41, 5.74) is 0.561. The van der Waals surface area contributed by atoms with Gasteiger partial charge in [0.2, 0.25) is 5.82 Å². The third-order valence-electron chi connectivity index (χ3n) is 2.90. The maximum atomic E-state index is 11.3. The number of nitrogens with zero attached hydrogens (tertiary/aromatic N) is 3. The van der Waals surface area contributed by atoms with Gasteiger partial charge in [0.1, 0.15) is 6.33 Å². The molecule has 0 amide bonds. The highest BCUT2D eigenvalue weighted by molar-refractivity contribution is 5.77. The number of nitrogens with one attached hydrogen (secondary N) is 1. The van der Waals surface area contributed by atoms with Crippen molar-refractivity contribution in [2.45, 2.75) is 0 Å². The van der Waals surface area contributed by atoms with Crippen LogP contribution in [0, 0.1) is 10.1 Å². The van der Waals surface area contributed by atoms with Gasteiger partial charge in [-0.1, -0.05) is 0 Å². The number of benzene rings is 1. The first-order valence-corrected chi connectivity index (χ1v) is 6.02. The van der Waals surface area contributed by atoms with Gasteiger partial charge in [-0.25, -0.2) is 9.97 Å². The van der Waals surface area contributed by atoms with Crippen LogP contribution in [0.1, 0.15) is 0 Å². The fourth-order valence-electron chi connectivity index (χ4n) is 1.93. The van der Waals surface area contributed by atoms with E-state index >= 15 is 0 Å². The van der Waals surface area contributed by atoms with Crippen molar-refractivity contribution in [3.05, 3.63) is 34.6 Å². The third-order valence-corrected chi connectivity index (χ3v) is 2.90. The Labute approximate surface area is 120 Å². The van der Waals surface area contributed by atoms with Crippen LogP contribution < -0.4 is 14.8 Å². The van der Waals surface area contributed by atoms with E-state index in [4.69, 9.17) is 9.47 Å². The van der Waals surface area contributed by atoms with Crippen molar-refractivity contribution in [2.75, 3.05) is 26.6 Å². The first-order valence-electron chi connectivity index (χ1n) is 6.02. The minimum absolute atomic E-state index is 0.153. The van der Waals surface area contributed by atoms with Crippen molar-refractivity contribution in [1.82, 2.24) is 9.97 Å². The second-order valence-corrected chi connectivity index (χ2v) is 4.00. The number of hydrogen-bond donors (Lipinski definition) is 1. The number of anilines is 1. The normalized spacial score (nSPS) is 10.0. The van der Waals surface area contributed by atoms with Gasteiger partial charge in [-0.15, -0.1) is 0 Å². The predicted octanol–water partition coefficient (Wildman–Crippen LogP) is 2.11. The molecule has 0 aliphatic rings. The van der Waals surface area contributed by atoms with Crippen LogP contribution in [-0.2, 0) is 0 Å². The second kappa shape index (κ2) is 6.04. The van der Waals surface area contributed by atoms with Gasteiger partial charge >= 0.3 is 5.69 Å². The molecule has 110 valence electrons. The zero-order valence-corrected chi connectivity index (χ0v) is 11.8. The lowest BCUT2D eigenvalue weighted by molar-refractivity contribution is -0.383. The number of hydrogen-bond acceptors (Lipinski definition) is 7. The predicted molar refractivity (Wildman–Crippen MR) is 76.8 cm³/mol. The smallest absolute Gasteiger partial charge is 0.337 e. The number of methoxy groups -OCH3 is 2. The topological polar surface area (TPSA) is 99.4 Å². The van der Waals surface area contributed by atoms with Crippen LogP contribution in [0.25, 0.3) is 11.3 Å². The Balaban J connectivity index is 2.64. The van der Waals surface area contributed by atoms with Crippen molar-refractivity contribution >= 4 is 11.5 Å². The lowest BCUT2D eigenvalue weighted by Gasteiger charge is -2.10. The summed E-state index contributed by atoms with van der Waals surface area (Å²) in [7, 11) is 4.58. The van der Waals surface area contributed by atoms with E-state index in [-0.39, 0.29) is 17.2 Å². The lowest BCUT2D eigenvalue weighted by Crippen LogP contribution is -2.03. The molecule has 1 N–H and O–H groups in total. The molecule has 0 bridgehead atoms. The van der Waals surface area contributed by atoms with Crippen LogP contribution in [-0.4, -0.2) is 36.2 Å². The lowest BCUT2D eigenvalue weighted by atomic mass is 10.1. The average molecular weight is 290 g/mol. The van der Waals surface area contributed by atoms with E-state index in [1.807, 2.05) is 0 Å². The fraction of sp³-hybridized carbons (Fsp3) is 0.231. The first kappa shape index (κ1) is 14.5. The van der Waals surface area contributed by atoms with Gasteiger partial charge in [0.05, 0.1) is 19.1 Å². The Morgan fingerprint density at radius 3 is 2.48 bits per heavy atom. The van der Waals surface area contributed by atoms with Gasteiger partial charge in [-0.2, -0.15) is 0 Å². The zero-order chi connectivity index (χ0) is 15.4. The number of nitro groups is 1. The van der Waals surface area contributed by atoms with E-state index in [2.05, 4.69) is 15.3 Å². The molecule has 0 radical (unpaired) electrons. The molecule has 0 aliphatic carbocycles. The van der Waals surface area contributed by atoms with Crippen LogP contribution in [0.3, 0.4) is 0 Å². The highest BCUT2D eigenvalue weighted by Gasteiger charge is 2.23. The molecule has 0 aliphatic heterocycles. The highest BCUT2D eigenvalue weighted by atomic mass is 16.6. The molecular weight excluding hydrogens is 276 g/mol. The maximum absolute atomic E-state index is 11.3. The Hall–Kier alpha value is -2.90. The van der Waals surface area contributed by atoms with Gasteiger partial charge in [0.25, 0.3) is 0 Å². The van der Waals surface area contributed by atoms with E-state index in [9.17, 15) is 10.1 Å². The average Bonchev–Trinajstić information content (AvgIpc) is 2.53. The summed E-state index contributed by atoms with van der Waals surface area (Å²) in [6.45, 7) is 0.